The molecule has 1 aromatic rings. The molecule has 0 radical (unpaired) electrons. The van der Waals surface area contributed by atoms with Crippen LogP contribution in [-0.2, 0) is 4.79 Å². The topological polar surface area (TPSA) is 40.5 Å². The molecule has 1 atom stereocenters. The van der Waals surface area contributed by atoms with Gasteiger partial charge in [0, 0.05) is 6.08 Å². The molecule has 0 aliphatic carbocycles. The van der Waals surface area contributed by atoms with Crippen molar-refractivity contribution in [2.24, 2.45) is 0 Å². The SMILES string of the molecule is CN(C)C(/C=C/C(=O)O)c1ccc(F)c(F)c1. The summed E-state index contributed by atoms with van der Waals surface area (Å²) in [6.45, 7) is 0. The highest BCUT2D eigenvalue weighted by atomic mass is 19.2. The molecule has 17 heavy (non-hydrogen) atoms. The van der Waals surface area contributed by atoms with Crippen LogP contribution in [0, 0.1) is 11.6 Å². The average molecular weight is 241 g/mol. The predicted molar refractivity (Wildman–Crippen MR) is 59.6 cm³/mol. The fourth-order valence-corrected chi connectivity index (χ4v) is 1.45. The van der Waals surface area contributed by atoms with Gasteiger partial charge in [-0.3, -0.25) is 4.90 Å². The Morgan fingerprint density at radius 1 is 1.35 bits per heavy atom. The maximum Gasteiger partial charge on any atom is 0.328 e. The zero-order chi connectivity index (χ0) is 13.0. The Morgan fingerprint density at radius 3 is 2.47 bits per heavy atom. The summed E-state index contributed by atoms with van der Waals surface area (Å²) in [7, 11) is 3.44. The summed E-state index contributed by atoms with van der Waals surface area (Å²) in [5, 5.41) is 8.55. The molecule has 5 heteroatoms. The van der Waals surface area contributed by atoms with Gasteiger partial charge >= 0.3 is 5.97 Å². The summed E-state index contributed by atoms with van der Waals surface area (Å²) in [6.07, 6.45) is 2.39. The predicted octanol–water partition coefficient (Wildman–Crippen LogP) is 2.21. The number of hydrogen-bond donors (Lipinski definition) is 1. The molecule has 92 valence electrons. The second kappa shape index (κ2) is 5.54. The van der Waals surface area contributed by atoms with Gasteiger partial charge in [0.25, 0.3) is 0 Å². The molecular formula is C12H13F2NO2. The molecule has 1 rings (SSSR count). The summed E-state index contributed by atoms with van der Waals surface area (Å²) >= 11 is 0. The molecule has 0 heterocycles. The van der Waals surface area contributed by atoms with E-state index in [4.69, 9.17) is 5.11 Å². The van der Waals surface area contributed by atoms with E-state index in [2.05, 4.69) is 0 Å². The standard InChI is InChI=1S/C12H13F2NO2/c1-15(2)11(5-6-12(16)17)8-3-4-9(13)10(14)7-8/h3-7,11H,1-2H3,(H,16,17)/b6-5+. The normalized spacial score (nSPS) is 13.2. The van der Waals surface area contributed by atoms with Crippen LogP contribution < -0.4 is 0 Å². The Kier molecular flexibility index (Phi) is 4.34. The maximum absolute atomic E-state index is 13.1. The molecule has 0 saturated carbocycles. The van der Waals surface area contributed by atoms with Crippen LogP contribution in [0.4, 0.5) is 8.78 Å². The first-order valence-corrected chi connectivity index (χ1v) is 4.94. The van der Waals surface area contributed by atoms with Crippen molar-refractivity contribution in [3.8, 4) is 0 Å². The summed E-state index contributed by atoms with van der Waals surface area (Å²) in [4.78, 5) is 12.1. The molecule has 0 amide bonds. The van der Waals surface area contributed by atoms with Crippen molar-refractivity contribution < 1.29 is 18.7 Å². The van der Waals surface area contributed by atoms with Gasteiger partial charge in [-0.25, -0.2) is 13.6 Å². The molecule has 0 aliphatic heterocycles. The number of likely N-dealkylation sites (N-methyl/N-ethyl adjacent to an activating group) is 1. The number of halogens is 2. The number of nitrogens with zero attached hydrogens (tertiary/aromatic N) is 1. The Bertz CT molecular complexity index is 444. The zero-order valence-electron chi connectivity index (χ0n) is 9.52. The molecule has 0 fully saturated rings. The first-order chi connectivity index (χ1) is 7.91. The summed E-state index contributed by atoms with van der Waals surface area (Å²) in [6, 6.07) is 3.10. The molecule has 0 bridgehead atoms. The van der Waals surface area contributed by atoms with Crippen LogP contribution in [0.25, 0.3) is 0 Å². The number of carboxylic acids is 1. The molecule has 0 spiro atoms. The van der Waals surface area contributed by atoms with Crippen LogP contribution in [0.1, 0.15) is 11.6 Å². The van der Waals surface area contributed by atoms with E-state index >= 15 is 0 Å². The summed E-state index contributed by atoms with van der Waals surface area (Å²) in [5.74, 6) is -2.95. The van der Waals surface area contributed by atoms with E-state index in [1.807, 2.05) is 0 Å². The number of rotatable bonds is 4. The van der Waals surface area contributed by atoms with Crippen LogP contribution in [0.5, 0.6) is 0 Å². The quantitative estimate of drug-likeness (QED) is 0.821. The van der Waals surface area contributed by atoms with Gasteiger partial charge in [-0.2, -0.15) is 0 Å². The van der Waals surface area contributed by atoms with Gasteiger partial charge in [0.15, 0.2) is 11.6 Å². The summed E-state index contributed by atoms with van der Waals surface area (Å²) in [5.41, 5.74) is 0.492. The van der Waals surface area contributed by atoms with Crippen molar-refractivity contribution >= 4 is 5.97 Å². The average Bonchev–Trinajstić information content (AvgIpc) is 2.22. The van der Waals surface area contributed by atoms with Crippen molar-refractivity contribution in [2.75, 3.05) is 14.1 Å². The lowest BCUT2D eigenvalue weighted by molar-refractivity contribution is -0.131. The third-order valence-corrected chi connectivity index (χ3v) is 2.26. The Hall–Kier alpha value is -1.75. The Labute approximate surface area is 98.0 Å². The largest absolute Gasteiger partial charge is 0.478 e. The minimum Gasteiger partial charge on any atom is -0.478 e. The van der Waals surface area contributed by atoms with Gasteiger partial charge < -0.3 is 5.11 Å². The van der Waals surface area contributed by atoms with Crippen LogP contribution in [-0.4, -0.2) is 30.1 Å². The highest BCUT2D eigenvalue weighted by Crippen LogP contribution is 2.21. The third-order valence-electron chi connectivity index (χ3n) is 2.26. The maximum atomic E-state index is 13.1. The fourth-order valence-electron chi connectivity index (χ4n) is 1.45. The van der Waals surface area contributed by atoms with Crippen molar-refractivity contribution in [1.82, 2.24) is 4.90 Å². The van der Waals surface area contributed by atoms with Crippen LogP contribution in [0.3, 0.4) is 0 Å². The van der Waals surface area contributed by atoms with E-state index in [9.17, 15) is 13.6 Å². The van der Waals surface area contributed by atoms with Gasteiger partial charge in [0.1, 0.15) is 0 Å². The Morgan fingerprint density at radius 2 is 2.00 bits per heavy atom. The van der Waals surface area contributed by atoms with Crippen molar-refractivity contribution in [2.45, 2.75) is 6.04 Å². The first-order valence-electron chi connectivity index (χ1n) is 4.94. The van der Waals surface area contributed by atoms with Gasteiger partial charge in [0.05, 0.1) is 6.04 Å². The highest BCUT2D eigenvalue weighted by Gasteiger charge is 2.13. The molecule has 1 unspecified atom stereocenters. The number of carbonyl (C=O) groups is 1. The van der Waals surface area contributed by atoms with Crippen LogP contribution in [0.2, 0.25) is 0 Å². The fraction of sp³-hybridized carbons (Fsp3) is 0.250. The Balaban J connectivity index is 3.05. The molecule has 3 nitrogen and oxygen atoms in total. The number of aliphatic carboxylic acids is 1. The van der Waals surface area contributed by atoms with E-state index < -0.39 is 23.6 Å². The lowest BCUT2D eigenvalue weighted by Gasteiger charge is -2.21. The number of carboxylic acid groups (broad SMARTS) is 1. The van der Waals surface area contributed by atoms with Crippen molar-refractivity contribution in [3.63, 3.8) is 0 Å². The second-order valence-corrected chi connectivity index (χ2v) is 3.78. The smallest absolute Gasteiger partial charge is 0.328 e. The van der Waals surface area contributed by atoms with Gasteiger partial charge in [0.2, 0.25) is 0 Å². The molecule has 0 aromatic heterocycles. The molecule has 0 aliphatic rings. The van der Waals surface area contributed by atoms with E-state index in [0.717, 1.165) is 18.2 Å². The van der Waals surface area contributed by atoms with Crippen molar-refractivity contribution in [1.29, 1.82) is 0 Å². The zero-order valence-corrected chi connectivity index (χ0v) is 9.52. The minimum atomic E-state index is -1.08. The highest BCUT2D eigenvalue weighted by molar-refractivity contribution is 5.79. The van der Waals surface area contributed by atoms with Crippen LogP contribution >= 0.6 is 0 Å². The lowest BCUT2D eigenvalue weighted by Crippen LogP contribution is -2.18. The summed E-state index contributed by atoms with van der Waals surface area (Å²) < 4.78 is 25.8. The number of benzene rings is 1. The van der Waals surface area contributed by atoms with Gasteiger partial charge in [-0.1, -0.05) is 12.1 Å². The van der Waals surface area contributed by atoms with Gasteiger partial charge in [-0.15, -0.1) is 0 Å². The van der Waals surface area contributed by atoms with E-state index in [1.54, 1.807) is 19.0 Å². The second-order valence-electron chi connectivity index (χ2n) is 3.78. The van der Waals surface area contributed by atoms with Gasteiger partial charge in [-0.05, 0) is 31.8 Å². The number of hydrogen-bond acceptors (Lipinski definition) is 2. The molecule has 1 aromatic carbocycles. The third kappa shape index (κ3) is 3.64. The van der Waals surface area contributed by atoms with Crippen LogP contribution in [0.15, 0.2) is 30.4 Å². The van der Waals surface area contributed by atoms with E-state index in [1.165, 1.54) is 12.1 Å². The molecule has 0 saturated heterocycles. The lowest BCUT2D eigenvalue weighted by atomic mass is 10.1. The monoisotopic (exact) mass is 241 g/mol. The molecule has 1 N–H and O–H groups in total. The molecular weight excluding hydrogens is 228 g/mol. The van der Waals surface area contributed by atoms with E-state index in [0.29, 0.717) is 5.56 Å². The minimum absolute atomic E-state index is 0.416. The van der Waals surface area contributed by atoms with Crippen molar-refractivity contribution in [3.05, 3.63) is 47.5 Å². The van der Waals surface area contributed by atoms with E-state index in [-0.39, 0.29) is 0 Å². The first kappa shape index (κ1) is 13.3.